The van der Waals surface area contributed by atoms with E-state index in [-0.39, 0.29) is 0 Å². The van der Waals surface area contributed by atoms with Crippen LogP contribution in [0.3, 0.4) is 0 Å². The number of fused-ring (bicyclic) bond motifs is 3. The Morgan fingerprint density at radius 2 is 0.767 bits per heavy atom. The lowest BCUT2D eigenvalue weighted by atomic mass is 10.1. The highest BCUT2D eigenvalue weighted by atomic mass is 17.4. The Morgan fingerprint density at radius 1 is 0.467 bits per heavy atom. The number of hydrogen-bond acceptors (Lipinski definition) is 5. The molecule has 5 nitrogen and oxygen atoms in total. The van der Waals surface area contributed by atoms with Gasteiger partial charge in [0.15, 0.2) is 0 Å². The summed E-state index contributed by atoms with van der Waals surface area (Å²) in [6.45, 7) is 0. The van der Waals surface area contributed by atoms with E-state index >= 15 is 0 Å². The summed E-state index contributed by atoms with van der Waals surface area (Å²) in [5.41, 5.74) is 5.75. The Morgan fingerprint density at radius 3 is 1.07 bits per heavy atom. The average Bonchev–Trinajstić information content (AvgIpc) is 3.15. The van der Waals surface area contributed by atoms with Gasteiger partial charge in [0, 0.05) is 0 Å². The van der Waals surface area contributed by atoms with Crippen LogP contribution in [0, 0.1) is 0 Å². The van der Waals surface area contributed by atoms with Gasteiger partial charge in [-0.25, -0.2) is 10.5 Å². The largest absolute Gasteiger partial charge is 0.508 e. The first-order chi connectivity index (χ1) is 14.7. The van der Waals surface area contributed by atoms with Crippen molar-refractivity contribution in [3.8, 4) is 22.6 Å². The van der Waals surface area contributed by atoms with Crippen LogP contribution in [0.15, 0.2) is 109 Å². The van der Waals surface area contributed by atoms with Gasteiger partial charge in [0.1, 0.15) is 11.5 Å². The quantitative estimate of drug-likeness (QED) is 0.188. The summed E-state index contributed by atoms with van der Waals surface area (Å²) in [5.74, 6) is 0.644. The molecule has 0 aliphatic heterocycles. The number of hydrogen-bond donors (Lipinski definition) is 4. The van der Waals surface area contributed by atoms with E-state index in [0.717, 1.165) is 6.42 Å². The molecule has 1 aliphatic rings. The third-order valence-corrected chi connectivity index (χ3v) is 4.22. The van der Waals surface area contributed by atoms with Crippen LogP contribution in [-0.4, -0.2) is 20.7 Å². The highest BCUT2D eigenvalue weighted by Crippen LogP contribution is 2.35. The van der Waals surface area contributed by atoms with Crippen LogP contribution < -0.4 is 0 Å². The van der Waals surface area contributed by atoms with E-state index in [0.29, 0.717) is 11.5 Å². The van der Waals surface area contributed by atoms with Crippen LogP contribution in [-0.2, 0) is 11.5 Å². The zero-order chi connectivity index (χ0) is 21.6. The summed E-state index contributed by atoms with van der Waals surface area (Å²) < 4.78 is 0. The molecule has 0 radical (unpaired) electrons. The molecule has 1 aliphatic carbocycles. The Labute approximate surface area is 175 Å². The highest BCUT2D eigenvalue weighted by molar-refractivity contribution is 5.76. The van der Waals surface area contributed by atoms with E-state index in [2.05, 4.69) is 53.6 Å². The molecule has 4 N–H and O–H groups in total. The maximum Gasteiger partial charge on any atom is 0.115 e. The molecule has 0 bridgehead atoms. The molecule has 30 heavy (non-hydrogen) atoms. The predicted octanol–water partition coefficient (Wildman–Crippen LogP) is 5.99. The molecule has 0 unspecified atom stereocenters. The Balaban J connectivity index is 0.000000162. The summed E-state index contributed by atoms with van der Waals surface area (Å²) in [7, 11) is 0. The average molecular weight is 404 g/mol. The number of rotatable bonds is 0. The number of phenolic OH excluding ortho intramolecular Hbond substituents is 2. The lowest BCUT2D eigenvalue weighted by molar-refractivity contribution is -0.465. The Kier molecular flexibility index (Phi) is 9.62. The second-order valence-electron chi connectivity index (χ2n) is 6.24. The van der Waals surface area contributed by atoms with E-state index in [9.17, 15) is 0 Å². The van der Waals surface area contributed by atoms with Crippen LogP contribution in [0.1, 0.15) is 11.1 Å². The number of para-hydroxylation sites is 2. The minimum atomic E-state index is 0.322. The number of phenols is 2. The fourth-order valence-corrected chi connectivity index (χ4v) is 2.94. The summed E-state index contributed by atoms with van der Waals surface area (Å²) in [6, 6.07) is 34.7. The van der Waals surface area contributed by atoms with Gasteiger partial charge in [-0.2, -0.15) is 0 Å². The van der Waals surface area contributed by atoms with E-state index in [4.69, 9.17) is 20.7 Å². The molecule has 0 heterocycles. The lowest BCUT2D eigenvalue weighted by Gasteiger charge is -1.98. The first-order valence-corrected chi connectivity index (χ1v) is 9.25. The van der Waals surface area contributed by atoms with Gasteiger partial charge in [-0.05, 0) is 52.9 Å². The first kappa shape index (κ1) is 22.6. The van der Waals surface area contributed by atoms with Crippen molar-refractivity contribution in [2.45, 2.75) is 6.42 Å². The van der Waals surface area contributed by atoms with Crippen molar-refractivity contribution in [1.29, 1.82) is 0 Å². The van der Waals surface area contributed by atoms with Crippen molar-refractivity contribution in [2.75, 3.05) is 0 Å². The van der Waals surface area contributed by atoms with Crippen LogP contribution in [0.25, 0.3) is 11.1 Å². The maximum absolute atomic E-state index is 8.63. The fourth-order valence-electron chi connectivity index (χ4n) is 2.94. The fraction of sp³-hybridized carbons (Fsp3) is 0.0400. The van der Waals surface area contributed by atoms with Crippen molar-refractivity contribution < 1.29 is 25.8 Å². The molecule has 0 amide bonds. The zero-order valence-electron chi connectivity index (χ0n) is 16.3. The third-order valence-electron chi connectivity index (χ3n) is 4.22. The Bertz CT molecular complexity index is 907. The summed E-state index contributed by atoms with van der Waals surface area (Å²) >= 11 is 0. The van der Waals surface area contributed by atoms with E-state index in [1.165, 1.54) is 22.3 Å². The van der Waals surface area contributed by atoms with Crippen LogP contribution >= 0.6 is 0 Å². The minimum Gasteiger partial charge on any atom is -0.508 e. The van der Waals surface area contributed by atoms with Gasteiger partial charge in [0.2, 0.25) is 0 Å². The number of benzene rings is 4. The van der Waals surface area contributed by atoms with Gasteiger partial charge in [-0.15, -0.1) is 0 Å². The van der Waals surface area contributed by atoms with E-state index in [1.54, 1.807) is 48.5 Å². The molecular formula is C25H24O5. The van der Waals surface area contributed by atoms with E-state index in [1.807, 2.05) is 12.1 Å². The van der Waals surface area contributed by atoms with Crippen molar-refractivity contribution >= 4 is 0 Å². The van der Waals surface area contributed by atoms with Crippen LogP contribution in [0.5, 0.6) is 11.5 Å². The van der Waals surface area contributed by atoms with Crippen LogP contribution in [0.2, 0.25) is 0 Å². The molecule has 0 saturated carbocycles. The topological polar surface area (TPSA) is 90.2 Å². The maximum atomic E-state index is 8.63. The molecule has 5 heteroatoms. The molecule has 5 rings (SSSR count). The molecular weight excluding hydrogens is 380 g/mol. The van der Waals surface area contributed by atoms with Gasteiger partial charge in [-0.1, -0.05) is 90.0 Å². The third kappa shape index (κ3) is 7.41. The molecule has 0 fully saturated rings. The normalized spacial score (nSPS) is 9.93. The molecule has 0 saturated heterocycles. The van der Waals surface area contributed by atoms with Gasteiger partial charge in [0.05, 0.1) is 0 Å². The van der Waals surface area contributed by atoms with Gasteiger partial charge < -0.3 is 10.2 Å². The van der Waals surface area contributed by atoms with Gasteiger partial charge in [0.25, 0.3) is 0 Å². The van der Waals surface area contributed by atoms with Gasteiger partial charge >= 0.3 is 0 Å². The van der Waals surface area contributed by atoms with Crippen molar-refractivity contribution in [3.05, 3.63) is 120 Å². The SMILES string of the molecule is OOO.Oc1ccccc1.Oc1ccccc1.c1ccc2c(c1)Cc1ccccc1-2. The standard InChI is InChI=1S/C13H10.2C6H6O.H2O3/c1-3-7-12-10(5-1)9-11-6-2-4-8-13(11)12;2*7-6-4-2-1-3-5-6;1-3-2/h1-8H,9H2;2*1-5,7H;1-2H. The van der Waals surface area contributed by atoms with Gasteiger partial charge in [-0.3, -0.25) is 0 Å². The van der Waals surface area contributed by atoms with E-state index < -0.39 is 0 Å². The number of aromatic hydroxyl groups is 2. The molecule has 0 aromatic heterocycles. The predicted molar refractivity (Wildman–Crippen MR) is 117 cm³/mol. The monoisotopic (exact) mass is 404 g/mol. The van der Waals surface area contributed by atoms with Crippen molar-refractivity contribution in [1.82, 2.24) is 0 Å². The molecule has 4 aromatic carbocycles. The summed E-state index contributed by atoms with van der Waals surface area (Å²) in [6.07, 6.45) is 1.10. The van der Waals surface area contributed by atoms with Crippen molar-refractivity contribution in [2.24, 2.45) is 0 Å². The summed E-state index contributed by atoms with van der Waals surface area (Å²) in [5, 5.41) is 32.8. The van der Waals surface area contributed by atoms with Crippen molar-refractivity contribution in [3.63, 3.8) is 0 Å². The second kappa shape index (κ2) is 12.7. The highest BCUT2D eigenvalue weighted by Gasteiger charge is 2.15. The zero-order valence-corrected chi connectivity index (χ0v) is 16.3. The first-order valence-electron chi connectivity index (χ1n) is 9.25. The van der Waals surface area contributed by atoms with Crippen LogP contribution in [0.4, 0.5) is 0 Å². The minimum absolute atomic E-state index is 0.322. The lowest BCUT2D eigenvalue weighted by Crippen LogP contribution is -1.77. The smallest absolute Gasteiger partial charge is 0.115 e. The molecule has 4 aromatic rings. The summed E-state index contributed by atoms with van der Waals surface area (Å²) in [4.78, 5) is 0. The molecule has 0 spiro atoms. The molecule has 154 valence electrons. The molecule has 0 atom stereocenters. The Hall–Kier alpha value is -3.64. The second-order valence-corrected chi connectivity index (χ2v) is 6.24.